The molecule has 0 saturated heterocycles. The van der Waals surface area contributed by atoms with Crippen LogP contribution in [0.25, 0.3) is 10.9 Å². The molecular weight excluding hydrogens is 266 g/mol. The van der Waals surface area contributed by atoms with E-state index in [0.29, 0.717) is 10.6 Å². The summed E-state index contributed by atoms with van der Waals surface area (Å²) in [6.07, 6.45) is 0.179. The maximum atomic E-state index is 12.2. The standard InChI is InChI=1S/C14H14ClNO3/c1-8-10(4-6-13(17)18)14(19)16(2)12-5-3-9(15)7-11(8)12/h3,5,7H,4,6H2,1-2H3,(H,17,18). The number of carboxylic acid groups (broad SMARTS) is 1. The molecule has 0 saturated carbocycles. The molecule has 0 aliphatic rings. The third kappa shape index (κ3) is 2.49. The molecule has 5 heteroatoms. The molecule has 1 heterocycles. The van der Waals surface area contributed by atoms with Crippen molar-refractivity contribution in [3.05, 3.63) is 44.7 Å². The number of pyridine rings is 1. The molecular formula is C14H14ClNO3. The van der Waals surface area contributed by atoms with E-state index < -0.39 is 5.97 Å². The third-order valence-electron chi connectivity index (χ3n) is 3.33. The summed E-state index contributed by atoms with van der Waals surface area (Å²) in [6.45, 7) is 1.83. The van der Waals surface area contributed by atoms with Gasteiger partial charge in [0.25, 0.3) is 5.56 Å². The Bertz CT molecular complexity index is 719. The van der Waals surface area contributed by atoms with Gasteiger partial charge in [0.15, 0.2) is 0 Å². The first kappa shape index (κ1) is 13.6. The van der Waals surface area contributed by atoms with E-state index in [4.69, 9.17) is 16.7 Å². The fourth-order valence-corrected chi connectivity index (χ4v) is 2.43. The summed E-state index contributed by atoms with van der Waals surface area (Å²) in [7, 11) is 1.68. The van der Waals surface area contributed by atoms with Gasteiger partial charge in [-0.2, -0.15) is 0 Å². The molecule has 19 heavy (non-hydrogen) atoms. The van der Waals surface area contributed by atoms with Crippen molar-refractivity contribution in [1.82, 2.24) is 4.57 Å². The zero-order chi connectivity index (χ0) is 14.2. The summed E-state index contributed by atoms with van der Waals surface area (Å²) in [6, 6.07) is 5.34. The highest BCUT2D eigenvalue weighted by Crippen LogP contribution is 2.23. The van der Waals surface area contributed by atoms with E-state index >= 15 is 0 Å². The van der Waals surface area contributed by atoms with Crippen molar-refractivity contribution in [2.24, 2.45) is 7.05 Å². The average molecular weight is 280 g/mol. The molecule has 2 rings (SSSR count). The summed E-state index contributed by atoms with van der Waals surface area (Å²) in [5.74, 6) is -0.910. The van der Waals surface area contributed by atoms with E-state index in [9.17, 15) is 9.59 Å². The van der Waals surface area contributed by atoms with Crippen LogP contribution in [0.4, 0.5) is 0 Å². The zero-order valence-corrected chi connectivity index (χ0v) is 11.5. The van der Waals surface area contributed by atoms with Crippen LogP contribution in [0.2, 0.25) is 5.02 Å². The Kier molecular flexibility index (Phi) is 3.62. The third-order valence-corrected chi connectivity index (χ3v) is 3.56. The molecule has 100 valence electrons. The van der Waals surface area contributed by atoms with Crippen LogP contribution in [0.1, 0.15) is 17.5 Å². The summed E-state index contributed by atoms with van der Waals surface area (Å²) >= 11 is 5.98. The van der Waals surface area contributed by atoms with E-state index in [1.807, 2.05) is 6.92 Å². The second-order valence-corrected chi connectivity index (χ2v) is 4.96. The van der Waals surface area contributed by atoms with E-state index in [1.165, 1.54) is 4.57 Å². The number of carboxylic acids is 1. The van der Waals surface area contributed by atoms with Gasteiger partial charge in [0.05, 0.1) is 5.52 Å². The molecule has 0 atom stereocenters. The quantitative estimate of drug-likeness (QED) is 0.939. The lowest BCUT2D eigenvalue weighted by Gasteiger charge is -2.12. The maximum absolute atomic E-state index is 12.2. The van der Waals surface area contributed by atoms with Gasteiger partial charge >= 0.3 is 5.97 Å². The van der Waals surface area contributed by atoms with Crippen LogP contribution in [-0.4, -0.2) is 15.6 Å². The fraction of sp³-hybridized carbons (Fsp3) is 0.286. The van der Waals surface area contributed by atoms with Crippen LogP contribution in [0.15, 0.2) is 23.0 Å². The largest absolute Gasteiger partial charge is 0.481 e. The number of fused-ring (bicyclic) bond motifs is 1. The lowest BCUT2D eigenvalue weighted by Crippen LogP contribution is -2.23. The Morgan fingerprint density at radius 3 is 2.74 bits per heavy atom. The summed E-state index contributed by atoms with van der Waals surface area (Å²) in [5, 5.41) is 10.2. The predicted octanol–water partition coefficient (Wildman–Crippen LogP) is 2.52. The molecule has 1 aromatic heterocycles. The van der Waals surface area contributed by atoms with Crippen LogP contribution < -0.4 is 5.56 Å². The van der Waals surface area contributed by atoms with Gasteiger partial charge in [0, 0.05) is 29.4 Å². The molecule has 0 bridgehead atoms. The zero-order valence-electron chi connectivity index (χ0n) is 10.7. The van der Waals surface area contributed by atoms with Crippen molar-refractivity contribution in [3.8, 4) is 0 Å². The van der Waals surface area contributed by atoms with Gasteiger partial charge in [0.2, 0.25) is 0 Å². The molecule has 0 radical (unpaired) electrons. The van der Waals surface area contributed by atoms with Crippen molar-refractivity contribution in [2.75, 3.05) is 0 Å². The second-order valence-electron chi connectivity index (χ2n) is 4.52. The number of benzene rings is 1. The molecule has 1 aromatic carbocycles. The van der Waals surface area contributed by atoms with Gasteiger partial charge in [-0.15, -0.1) is 0 Å². The highest BCUT2D eigenvalue weighted by Gasteiger charge is 2.13. The Hall–Kier alpha value is -1.81. The number of hydrogen-bond acceptors (Lipinski definition) is 2. The minimum atomic E-state index is -0.910. The van der Waals surface area contributed by atoms with Crippen LogP contribution in [0, 0.1) is 6.92 Å². The number of hydrogen-bond donors (Lipinski definition) is 1. The molecule has 0 fully saturated rings. The molecule has 2 aromatic rings. The highest BCUT2D eigenvalue weighted by atomic mass is 35.5. The molecule has 4 nitrogen and oxygen atoms in total. The van der Waals surface area contributed by atoms with Gasteiger partial charge in [-0.25, -0.2) is 0 Å². The molecule has 1 N–H and O–H groups in total. The maximum Gasteiger partial charge on any atom is 0.303 e. The number of nitrogens with zero attached hydrogens (tertiary/aromatic N) is 1. The van der Waals surface area contributed by atoms with Crippen molar-refractivity contribution < 1.29 is 9.90 Å². The molecule has 0 amide bonds. The first-order valence-electron chi connectivity index (χ1n) is 5.91. The molecule has 0 unspecified atom stereocenters. The number of carbonyl (C=O) groups is 1. The second kappa shape index (κ2) is 5.05. The number of halogens is 1. The highest BCUT2D eigenvalue weighted by molar-refractivity contribution is 6.31. The fourth-order valence-electron chi connectivity index (χ4n) is 2.26. The van der Waals surface area contributed by atoms with E-state index in [-0.39, 0.29) is 18.4 Å². The van der Waals surface area contributed by atoms with Gasteiger partial charge in [0.1, 0.15) is 0 Å². The minimum absolute atomic E-state index is 0.0534. The van der Waals surface area contributed by atoms with Gasteiger partial charge in [-0.3, -0.25) is 9.59 Å². The molecule has 0 aliphatic carbocycles. The summed E-state index contributed by atoms with van der Waals surface area (Å²) < 4.78 is 1.54. The SMILES string of the molecule is Cc1c(CCC(=O)O)c(=O)n(C)c2ccc(Cl)cc12. The lowest BCUT2D eigenvalue weighted by atomic mass is 10.0. The van der Waals surface area contributed by atoms with E-state index in [0.717, 1.165) is 16.5 Å². The minimum Gasteiger partial charge on any atom is -0.481 e. The van der Waals surface area contributed by atoms with Gasteiger partial charge in [-0.1, -0.05) is 11.6 Å². The van der Waals surface area contributed by atoms with E-state index in [2.05, 4.69) is 0 Å². The number of aliphatic carboxylic acids is 1. The van der Waals surface area contributed by atoms with Gasteiger partial charge < -0.3 is 9.67 Å². The van der Waals surface area contributed by atoms with Crippen LogP contribution in [0.5, 0.6) is 0 Å². The predicted molar refractivity (Wildman–Crippen MR) is 74.9 cm³/mol. The number of aromatic nitrogens is 1. The van der Waals surface area contributed by atoms with Crippen molar-refractivity contribution in [2.45, 2.75) is 19.8 Å². The van der Waals surface area contributed by atoms with Gasteiger partial charge in [-0.05, 0) is 37.1 Å². The Morgan fingerprint density at radius 2 is 2.11 bits per heavy atom. The topological polar surface area (TPSA) is 59.3 Å². The monoisotopic (exact) mass is 279 g/mol. The lowest BCUT2D eigenvalue weighted by molar-refractivity contribution is -0.136. The smallest absolute Gasteiger partial charge is 0.303 e. The Labute approximate surface area is 115 Å². The van der Waals surface area contributed by atoms with Crippen molar-refractivity contribution >= 4 is 28.5 Å². The molecule has 0 aliphatic heterocycles. The number of aryl methyl sites for hydroxylation is 2. The van der Waals surface area contributed by atoms with Crippen LogP contribution >= 0.6 is 11.6 Å². The molecule has 0 spiro atoms. The summed E-state index contributed by atoms with van der Waals surface area (Å²) in [4.78, 5) is 22.9. The Morgan fingerprint density at radius 1 is 1.42 bits per heavy atom. The normalized spacial score (nSPS) is 10.9. The Balaban J connectivity index is 2.71. The van der Waals surface area contributed by atoms with Crippen molar-refractivity contribution in [3.63, 3.8) is 0 Å². The van der Waals surface area contributed by atoms with Crippen LogP contribution in [-0.2, 0) is 18.3 Å². The average Bonchev–Trinajstić information content (AvgIpc) is 2.35. The van der Waals surface area contributed by atoms with Crippen molar-refractivity contribution in [1.29, 1.82) is 0 Å². The first-order chi connectivity index (χ1) is 8.91. The number of rotatable bonds is 3. The van der Waals surface area contributed by atoms with Crippen LogP contribution in [0.3, 0.4) is 0 Å². The summed E-state index contributed by atoms with van der Waals surface area (Å²) in [5.41, 5.74) is 2.00. The first-order valence-corrected chi connectivity index (χ1v) is 6.29. The van der Waals surface area contributed by atoms with E-state index in [1.54, 1.807) is 25.2 Å².